The van der Waals surface area contributed by atoms with Crippen LogP contribution in [0.15, 0.2) is 0 Å². The van der Waals surface area contributed by atoms with Crippen LogP contribution < -0.4 is 5.48 Å². The maximum atomic E-state index is 11.4. The Morgan fingerprint density at radius 1 is 1.24 bits per heavy atom. The number of aliphatic carboxylic acids is 1. The van der Waals surface area contributed by atoms with E-state index in [9.17, 15) is 9.59 Å². The molecule has 0 saturated heterocycles. The second kappa shape index (κ2) is 7.96. The van der Waals surface area contributed by atoms with E-state index >= 15 is 0 Å². The third-order valence-electron chi connectivity index (χ3n) is 2.41. The molecule has 8 heteroatoms. The average Bonchev–Trinajstić information content (AvgIpc) is 2.29. The zero-order valence-corrected chi connectivity index (χ0v) is 9.54. The minimum Gasteiger partial charge on any atom is -0.481 e. The van der Waals surface area contributed by atoms with Gasteiger partial charge in [0.1, 0.15) is 6.04 Å². The van der Waals surface area contributed by atoms with Crippen molar-refractivity contribution >= 4 is 11.9 Å². The van der Waals surface area contributed by atoms with Crippen LogP contribution in [0.1, 0.15) is 6.92 Å². The first kappa shape index (κ1) is 15.8. The van der Waals surface area contributed by atoms with E-state index < -0.39 is 23.8 Å². The Morgan fingerprint density at radius 3 is 2.00 bits per heavy atom. The monoisotopic (exact) mass is 250 g/mol. The Balaban J connectivity index is 4.96. The van der Waals surface area contributed by atoms with E-state index in [1.807, 2.05) is 0 Å². The number of aliphatic hydroxyl groups is 2. The van der Waals surface area contributed by atoms with E-state index in [-0.39, 0.29) is 26.3 Å². The highest BCUT2D eigenvalue weighted by atomic mass is 16.5. The van der Waals surface area contributed by atoms with Crippen LogP contribution in [-0.2, 0) is 9.59 Å². The third-order valence-corrected chi connectivity index (χ3v) is 2.41. The molecule has 0 aromatic carbocycles. The van der Waals surface area contributed by atoms with E-state index in [2.05, 4.69) is 0 Å². The molecule has 2 unspecified atom stereocenters. The van der Waals surface area contributed by atoms with E-state index in [1.54, 1.807) is 0 Å². The molecule has 0 radical (unpaired) electrons. The molecule has 0 fully saturated rings. The molecule has 5 N–H and O–H groups in total. The lowest BCUT2D eigenvalue weighted by molar-refractivity contribution is -0.150. The molecular weight excluding hydrogens is 232 g/mol. The summed E-state index contributed by atoms with van der Waals surface area (Å²) in [5, 5.41) is 35.1. The fraction of sp³-hybridized carbons (Fsp3) is 0.778. The number of carboxylic acid groups (broad SMARTS) is 1. The third kappa shape index (κ3) is 4.65. The van der Waals surface area contributed by atoms with Gasteiger partial charge in [-0.1, -0.05) is 0 Å². The zero-order valence-electron chi connectivity index (χ0n) is 9.54. The first-order chi connectivity index (χ1) is 7.99. The number of hydrogen-bond acceptors (Lipinski definition) is 6. The van der Waals surface area contributed by atoms with Crippen molar-refractivity contribution in [3.63, 3.8) is 0 Å². The summed E-state index contributed by atoms with van der Waals surface area (Å²) in [6, 6.07) is -1.16. The number of carbonyl (C=O) groups excluding carboxylic acids is 1. The summed E-state index contributed by atoms with van der Waals surface area (Å²) in [4.78, 5) is 23.6. The number of aliphatic hydroxyl groups excluding tert-OH is 2. The normalized spacial score (nSPS) is 14.4. The summed E-state index contributed by atoms with van der Waals surface area (Å²) in [6.07, 6.45) is 0. The van der Waals surface area contributed by atoms with Gasteiger partial charge in [0.2, 0.25) is 0 Å². The number of carboxylic acids is 1. The van der Waals surface area contributed by atoms with Gasteiger partial charge in [0.25, 0.3) is 5.91 Å². The lowest BCUT2D eigenvalue weighted by Gasteiger charge is -2.31. The number of nitrogens with one attached hydrogen (secondary N) is 1. The second-order valence-electron chi connectivity index (χ2n) is 3.53. The van der Waals surface area contributed by atoms with Gasteiger partial charge < -0.3 is 15.3 Å². The van der Waals surface area contributed by atoms with Gasteiger partial charge in [-0.15, -0.1) is 0 Å². The minimum atomic E-state index is -1.21. The quantitative estimate of drug-likeness (QED) is 0.245. The van der Waals surface area contributed by atoms with Crippen LogP contribution >= 0.6 is 0 Å². The average molecular weight is 250 g/mol. The summed E-state index contributed by atoms with van der Waals surface area (Å²) < 4.78 is 0. The fourth-order valence-electron chi connectivity index (χ4n) is 1.56. The summed E-state index contributed by atoms with van der Waals surface area (Å²) in [6.45, 7) is 0.777. The van der Waals surface area contributed by atoms with Crippen LogP contribution in [0.5, 0.6) is 0 Å². The van der Waals surface area contributed by atoms with Crippen LogP contribution in [-0.4, -0.2) is 69.6 Å². The zero-order chi connectivity index (χ0) is 13.4. The molecule has 0 aliphatic heterocycles. The topological polar surface area (TPSA) is 130 Å². The van der Waals surface area contributed by atoms with E-state index in [0.717, 1.165) is 0 Å². The summed E-state index contributed by atoms with van der Waals surface area (Å²) in [5.41, 5.74) is 1.39. The van der Waals surface area contributed by atoms with Crippen LogP contribution in [0.25, 0.3) is 0 Å². The number of carbonyl (C=O) groups is 2. The highest BCUT2D eigenvalue weighted by Crippen LogP contribution is 2.12. The van der Waals surface area contributed by atoms with Gasteiger partial charge in [0.15, 0.2) is 0 Å². The maximum Gasteiger partial charge on any atom is 0.308 e. The molecule has 0 rings (SSSR count). The van der Waals surface area contributed by atoms with Gasteiger partial charge >= 0.3 is 5.97 Å². The van der Waals surface area contributed by atoms with Crippen molar-refractivity contribution in [3.8, 4) is 0 Å². The van der Waals surface area contributed by atoms with E-state index in [4.69, 9.17) is 20.5 Å². The predicted octanol–water partition coefficient (Wildman–Crippen LogP) is -2.13. The Morgan fingerprint density at radius 2 is 1.71 bits per heavy atom. The van der Waals surface area contributed by atoms with Crippen molar-refractivity contribution < 1.29 is 30.1 Å². The maximum absolute atomic E-state index is 11.4. The van der Waals surface area contributed by atoms with Crippen molar-refractivity contribution in [2.24, 2.45) is 5.92 Å². The first-order valence-electron chi connectivity index (χ1n) is 5.12. The predicted molar refractivity (Wildman–Crippen MR) is 56.3 cm³/mol. The number of amides is 1. The number of nitrogens with zero attached hydrogens (tertiary/aromatic N) is 1. The lowest BCUT2D eigenvalue weighted by Crippen LogP contribution is -2.53. The van der Waals surface area contributed by atoms with Crippen molar-refractivity contribution in [1.82, 2.24) is 10.4 Å². The number of hydrogen-bond donors (Lipinski definition) is 5. The van der Waals surface area contributed by atoms with Gasteiger partial charge in [-0.3, -0.25) is 19.7 Å². The SMILES string of the molecule is CC(C(=O)O)C(C(=O)NO)N(CCO)CCO. The molecule has 0 heterocycles. The molecule has 1 amide bonds. The highest BCUT2D eigenvalue weighted by molar-refractivity contribution is 5.86. The number of hydroxylamine groups is 1. The van der Waals surface area contributed by atoms with Crippen LogP contribution in [0.3, 0.4) is 0 Å². The van der Waals surface area contributed by atoms with Gasteiger partial charge in [0.05, 0.1) is 19.1 Å². The standard InChI is InChI=1S/C9H18N2O6/c1-6(9(15)16)7(8(14)10-17)11(2-4-12)3-5-13/h6-7,12-13,17H,2-5H2,1H3,(H,10,14)(H,15,16). The Bertz CT molecular complexity index is 254. The summed E-state index contributed by atoms with van der Waals surface area (Å²) in [7, 11) is 0. The molecule has 17 heavy (non-hydrogen) atoms. The van der Waals surface area contributed by atoms with Gasteiger partial charge in [0, 0.05) is 13.1 Å². The molecule has 0 aromatic rings. The Labute approximate surface area is 98.4 Å². The molecule has 8 nitrogen and oxygen atoms in total. The summed E-state index contributed by atoms with van der Waals surface area (Å²) in [5.74, 6) is -3.18. The van der Waals surface area contributed by atoms with Crippen molar-refractivity contribution in [1.29, 1.82) is 0 Å². The van der Waals surface area contributed by atoms with Crippen molar-refractivity contribution in [2.45, 2.75) is 13.0 Å². The summed E-state index contributed by atoms with van der Waals surface area (Å²) >= 11 is 0. The van der Waals surface area contributed by atoms with Crippen LogP contribution in [0.2, 0.25) is 0 Å². The molecule has 0 spiro atoms. The molecule has 0 aliphatic carbocycles. The first-order valence-corrected chi connectivity index (χ1v) is 5.12. The molecular formula is C9H18N2O6. The van der Waals surface area contributed by atoms with Gasteiger partial charge in [-0.05, 0) is 6.92 Å². The molecule has 0 aliphatic rings. The Kier molecular flexibility index (Phi) is 7.39. The fourth-order valence-corrected chi connectivity index (χ4v) is 1.56. The van der Waals surface area contributed by atoms with Crippen LogP contribution in [0.4, 0.5) is 0 Å². The second-order valence-corrected chi connectivity index (χ2v) is 3.53. The number of rotatable bonds is 8. The van der Waals surface area contributed by atoms with Gasteiger partial charge in [-0.25, -0.2) is 5.48 Å². The van der Waals surface area contributed by atoms with Crippen LogP contribution in [0, 0.1) is 5.92 Å². The Hall–Kier alpha value is -1.22. The molecule has 0 bridgehead atoms. The lowest BCUT2D eigenvalue weighted by atomic mass is 9.99. The minimum absolute atomic E-state index is 0.0241. The van der Waals surface area contributed by atoms with Crippen molar-refractivity contribution in [2.75, 3.05) is 26.3 Å². The van der Waals surface area contributed by atoms with Gasteiger partial charge in [-0.2, -0.15) is 0 Å². The largest absolute Gasteiger partial charge is 0.481 e. The van der Waals surface area contributed by atoms with E-state index in [1.165, 1.54) is 17.3 Å². The molecule has 2 atom stereocenters. The highest BCUT2D eigenvalue weighted by Gasteiger charge is 2.34. The molecule has 0 aromatic heterocycles. The molecule has 100 valence electrons. The molecule has 0 saturated carbocycles. The smallest absolute Gasteiger partial charge is 0.308 e. The van der Waals surface area contributed by atoms with E-state index in [0.29, 0.717) is 0 Å². The van der Waals surface area contributed by atoms with Crippen molar-refractivity contribution in [3.05, 3.63) is 0 Å².